The molecule has 2 atom stereocenters. The van der Waals surface area contributed by atoms with E-state index in [2.05, 4.69) is 11.6 Å². The van der Waals surface area contributed by atoms with E-state index >= 15 is 0 Å². The minimum Gasteiger partial charge on any atom is -0.457 e. The topological polar surface area (TPSA) is 121 Å². The number of nitrogens with zero attached hydrogens (tertiary/aromatic N) is 3. The Hall–Kier alpha value is -3.70. The molecule has 30 heavy (non-hydrogen) atoms. The zero-order chi connectivity index (χ0) is 21.1. The molecule has 0 aliphatic carbocycles. The molecule has 0 saturated carbocycles. The number of carbonyl (C=O) groups excluding carboxylic acids is 1. The fourth-order valence-electron chi connectivity index (χ4n) is 3.97. The third-order valence-corrected chi connectivity index (χ3v) is 5.45. The van der Waals surface area contributed by atoms with Crippen molar-refractivity contribution in [3.05, 3.63) is 71.6 Å². The zero-order valence-electron chi connectivity index (χ0n) is 16.5. The quantitative estimate of drug-likeness (QED) is 0.651. The van der Waals surface area contributed by atoms with Crippen molar-refractivity contribution in [2.75, 3.05) is 13.1 Å². The molecule has 2 aromatic carbocycles. The van der Waals surface area contributed by atoms with E-state index in [4.69, 9.17) is 16.2 Å². The molecule has 4 rings (SSSR count). The first-order chi connectivity index (χ1) is 14.6. The summed E-state index contributed by atoms with van der Waals surface area (Å²) in [6, 6.07) is 16.5. The Morgan fingerprint density at radius 1 is 1.13 bits per heavy atom. The maximum absolute atomic E-state index is 12.2. The molecule has 5 N–H and O–H groups in total. The van der Waals surface area contributed by atoms with Crippen LogP contribution in [0.15, 0.2) is 66.0 Å². The van der Waals surface area contributed by atoms with Crippen LogP contribution in [0, 0.1) is 11.5 Å². The molecule has 1 fully saturated rings. The van der Waals surface area contributed by atoms with E-state index < -0.39 is 11.9 Å². The summed E-state index contributed by atoms with van der Waals surface area (Å²) in [6.07, 6.45) is 3.94. The second kappa shape index (κ2) is 8.35. The third kappa shape index (κ3) is 3.88. The predicted octanol–water partition coefficient (Wildman–Crippen LogP) is 1.94. The molecule has 2 aliphatic heterocycles. The molecule has 8 nitrogen and oxygen atoms in total. The van der Waals surface area contributed by atoms with Gasteiger partial charge >= 0.3 is 0 Å². The highest BCUT2D eigenvalue weighted by Crippen LogP contribution is 2.34. The maximum atomic E-state index is 12.2. The first kappa shape index (κ1) is 19.6. The summed E-state index contributed by atoms with van der Waals surface area (Å²) in [7, 11) is 0. The molecule has 0 spiro atoms. The summed E-state index contributed by atoms with van der Waals surface area (Å²) in [5.74, 6) is 1.19. The van der Waals surface area contributed by atoms with Crippen LogP contribution in [0.4, 0.5) is 0 Å². The number of para-hydroxylation sites is 1. The van der Waals surface area contributed by atoms with Crippen LogP contribution in [-0.2, 0) is 4.79 Å². The molecule has 8 heteroatoms. The Kier molecular flexibility index (Phi) is 5.46. The van der Waals surface area contributed by atoms with Crippen LogP contribution < -0.4 is 21.6 Å². The summed E-state index contributed by atoms with van der Waals surface area (Å²) in [4.78, 5) is 13.9. The zero-order valence-corrected chi connectivity index (χ0v) is 16.5. The first-order valence-electron chi connectivity index (χ1n) is 9.89. The van der Waals surface area contributed by atoms with Gasteiger partial charge in [-0.2, -0.15) is 5.26 Å². The van der Waals surface area contributed by atoms with Crippen molar-refractivity contribution in [3.63, 3.8) is 0 Å². The van der Waals surface area contributed by atoms with Gasteiger partial charge < -0.3 is 21.1 Å². The van der Waals surface area contributed by atoms with Gasteiger partial charge in [-0.05, 0) is 42.7 Å². The monoisotopic (exact) mass is 404 g/mol. The molecule has 154 valence electrons. The van der Waals surface area contributed by atoms with Crippen molar-refractivity contribution in [2.24, 2.45) is 11.5 Å². The highest BCUT2D eigenvalue weighted by molar-refractivity contribution is 5.94. The van der Waals surface area contributed by atoms with E-state index in [1.165, 1.54) is 0 Å². The smallest absolute Gasteiger partial charge is 0.250 e. The number of nitriles is 1. The van der Waals surface area contributed by atoms with Gasteiger partial charge in [0.05, 0.1) is 17.7 Å². The number of ether oxygens (including phenoxy) is 1. The van der Waals surface area contributed by atoms with Crippen LogP contribution in [0.1, 0.15) is 24.4 Å². The standard InChI is InChI=1S/C22H24N6O2/c23-14-27-12-4-5-16(13-27)28-21(24)19(22(25)29)20(26-28)15-8-10-18(11-9-15)30-17-6-2-1-3-7-17/h1-3,6-11,16,20,26H,4-5,12-13,24H2,(H2,25,29)/t16-,20?/m1/s1. The average Bonchev–Trinajstić information content (AvgIpc) is 3.12. The van der Waals surface area contributed by atoms with Crippen LogP contribution in [0.2, 0.25) is 0 Å². The lowest BCUT2D eigenvalue weighted by atomic mass is 9.99. The van der Waals surface area contributed by atoms with Crippen LogP contribution in [0.5, 0.6) is 11.5 Å². The second-order valence-electron chi connectivity index (χ2n) is 7.42. The molecule has 2 aromatic rings. The molecule has 0 radical (unpaired) electrons. The van der Waals surface area contributed by atoms with E-state index in [0.29, 0.717) is 23.7 Å². The molecule has 1 unspecified atom stereocenters. The maximum Gasteiger partial charge on any atom is 0.250 e. The van der Waals surface area contributed by atoms with Crippen molar-refractivity contribution < 1.29 is 9.53 Å². The molecule has 0 bridgehead atoms. The number of amides is 1. The van der Waals surface area contributed by atoms with Gasteiger partial charge in [0.15, 0.2) is 6.19 Å². The lowest BCUT2D eigenvalue weighted by Crippen LogP contribution is -2.51. The van der Waals surface area contributed by atoms with Crippen LogP contribution in [-0.4, -0.2) is 34.9 Å². The summed E-state index contributed by atoms with van der Waals surface area (Å²) in [5.41, 5.74) is 16.5. The Morgan fingerprint density at radius 2 is 1.83 bits per heavy atom. The number of hydrazine groups is 1. The molecule has 1 amide bonds. The van der Waals surface area contributed by atoms with Gasteiger partial charge in [-0.15, -0.1) is 0 Å². The highest BCUT2D eigenvalue weighted by Gasteiger charge is 2.38. The summed E-state index contributed by atoms with van der Waals surface area (Å²) < 4.78 is 5.84. The fourth-order valence-corrected chi connectivity index (χ4v) is 3.97. The van der Waals surface area contributed by atoms with Crippen molar-refractivity contribution in [1.29, 1.82) is 5.26 Å². The van der Waals surface area contributed by atoms with Crippen LogP contribution >= 0.6 is 0 Å². The van der Waals surface area contributed by atoms with E-state index in [0.717, 1.165) is 30.7 Å². The first-order valence-corrected chi connectivity index (χ1v) is 9.89. The number of primary amides is 1. The number of hydrogen-bond acceptors (Lipinski definition) is 7. The SMILES string of the molecule is N#CN1CCC[C@@H](N2NC(c3ccc(Oc4ccccc4)cc3)C(C(N)=O)=C2N)C1. The minimum atomic E-state index is -0.565. The Bertz CT molecular complexity index is 983. The Labute approximate surface area is 175 Å². The summed E-state index contributed by atoms with van der Waals surface area (Å²) in [5, 5.41) is 11.0. The number of nitrogens with two attached hydrogens (primary N) is 2. The Morgan fingerprint density at radius 3 is 2.50 bits per heavy atom. The number of likely N-dealkylation sites (tertiary alicyclic amines) is 1. The molecule has 2 heterocycles. The summed E-state index contributed by atoms with van der Waals surface area (Å²) >= 11 is 0. The van der Waals surface area contributed by atoms with E-state index in [1.807, 2.05) is 54.6 Å². The molecule has 2 aliphatic rings. The van der Waals surface area contributed by atoms with E-state index in [-0.39, 0.29) is 6.04 Å². The van der Waals surface area contributed by atoms with Gasteiger partial charge in [-0.1, -0.05) is 30.3 Å². The molecular weight excluding hydrogens is 380 g/mol. The molecule has 1 saturated heterocycles. The van der Waals surface area contributed by atoms with Crippen molar-refractivity contribution >= 4 is 5.91 Å². The van der Waals surface area contributed by atoms with E-state index in [9.17, 15) is 10.1 Å². The number of nitrogens with one attached hydrogen (secondary N) is 1. The second-order valence-corrected chi connectivity index (χ2v) is 7.42. The highest BCUT2D eigenvalue weighted by atomic mass is 16.5. The van der Waals surface area contributed by atoms with Gasteiger partial charge in [0.1, 0.15) is 17.3 Å². The van der Waals surface area contributed by atoms with Gasteiger partial charge in [0.2, 0.25) is 5.91 Å². The van der Waals surface area contributed by atoms with Gasteiger partial charge in [-0.25, -0.2) is 5.43 Å². The number of carbonyl (C=O) groups is 1. The number of rotatable bonds is 5. The molecule has 0 aromatic heterocycles. The van der Waals surface area contributed by atoms with Gasteiger partial charge in [0, 0.05) is 13.1 Å². The lowest BCUT2D eigenvalue weighted by molar-refractivity contribution is -0.114. The van der Waals surface area contributed by atoms with Gasteiger partial charge in [0.25, 0.3) is 0 Å². The minimum absolute atomic E-state index is 0.0153. The van der Waals surface area contributed by atoms with Crippen molar-refractivity contribution in [2.45, 2.75) is 24.9 Å². The number of hydrogen-bond donors (Lipinski definition) is 3. The predicted molar refractivity (Wildman–Crippen MR) is 111 cm³/mol. The largest absolute Gasteiger partial charge is 0.457 e. The third-order valence-electron chi connectivity index (χ3n) is 5.45. The fraction of sp³-hybridized carbons (Fsp3) is 0.273. The lowest BCUT2D eigenvalue weighted by Gasteiger charge is -2.36. The van der Waals surface area contributed by atoms with Gasteiger partial charge in [-0.3, -0.25) is 9.80 Å². The van der Waals surface area contributed by atoms with Crippen LogP contribution in [0.3, 0.4) is 0 Å². The van der Waals surface area contributed by atoms with Crippen molar-refractivity contribution in [1.82, 2.24) is 15.3 Å². The normalized spacial score (nSPS) is 21.4. The average molecular weight is 404 g/mol. The number of piperidine rings is 1. The van der Waals surface area contributed by atoms with Crippen molar-refractivity contribution in [3.8, 4) is 17.7 Å². The molecular formula is C22H24N6O2. The Balaban J connectivity index is 1.54. The number of benzene rings is 2. The van der Waals surface area contributed by atoms with Crippen LogP contribution in [0.25, 0.3) is 0 Å². The van der Waals surface area contributed by atoms with E-state index in [1.54, 1.807) is 9.91 Å². The summed E-state index contributed by atoms with van der Waals surface area (Å²) in [6.45, 7) is 1.28.